The third-order valence-corrected chi connectivity index (χ3v) is 12.0. The largest absolute Gasteiger partial charge is 0.497 e. The summed E-state index contributed by atoms with van der Waals surface area (Å²) in [6, 6.07) is 7.13. The van der Waals surface area contributed by atoms with Gasteiger partial charge in [-0.15, -0.1) is 22.7 Å². The van der Waals surface area contributed by atoms with E-state index in [-0.39, 0.29) is 53.3 Å². The molecule has 11 nitrogen and oxygen atoms in total. The zero-order chi connectivity index (χ0) is 38.2. The number of rotatable bonds is 13. The van der Waals surface area contributed by atoms with Crippen LogP contribution in [0.2, 0.25) is 0 Å². The first-order valence-electron chi connectivity index (χ1n) is 18.0. The van der Waals surface area contributed by atoms with Crippen molar-refractivity contribution in [2.24, 2.45) is 23.7 Å². The van der Waals surface area contributed by atoms with Crippen LogP contribution in [0.1, 0.15) is 57.8 Å². The van der Waals surface area contributed by atoms with E-state index in [1.165, 1.54) is 35.9 Å². The van der Waals surface area contributed by atoms with Crippen molar-refractivity contribution in [2.45, 2.75) is 63.9 Å². The number of esters is 4. The van der Waals surface area contributed by atoms with Gasteiger partial charge in [-0.05, 0) is 105 Å². The number of thiazole rings is 1. The second-order valence-corrected chi connectivity index (χ2v) is 15.4. The van der Waals surface area contributed by atoms with Gasteiger partial charge in [0.15, 0.2) is 11.5 Å². The molecular formula is C41H43NO10S2. The third-order valence-electron chi connectivity index (χ3n) is 9.89. The summed E-state index contributed by atoms with van der Waals surface area (Å²) in [5, 5.41) is 2.66. The molecule has 0 spiro atoms. The molecule has 6 rings (SSSR count). The van der Waals surface area contributed by atoms with Crippen molar-refractivity contribution >= 4 is 56.8 Å². The molecule has 2 aromatic heterocycles. The van der Waals surface area contributed by atoms with E-state index < -0.39 is 11.9 Å². The number of aromatic nitrogens is 1. The predicted octanol–water partition coefficient (Wildman–Crippen LogP) is 8.62. The zero-order valence-corrected chi connectivity index (χ0v) is 31.9. The summed E-state index contributed by atoms with van der Waals surface area (Å²) >= 11 is 2.89. The maximum atomic E-state index is 13.5. The number of thiophene rings is 1. The average molecular weight is 774 g/mol. The van der Waals surface area contributed by atoms with Crippen LogP contribution in [0.4, 0.5) is 0 Å². The molecule has 0 amide bonds. The molecule has 1 atom stereocenters. The number of nitrogens with zero attached hydrogens (tertiary/aromatic N) is 1. The lowest BCUT2D eigenvalue weighted by molar-refractivity contribution is -0.155. The molecule has 3 aliphatic carbocycles. The van der Waals surface area contributed by atoms with Gasteiger partial charge in [0.1, 0.15) is 38.6 Å². The number of benzene rings is 1. The van der Waals surface area contributed by atoms with Gasteiger partial charge in [-0.2, -0.15) is 0 Å². The first-order valence-corrected chi connectivity index (χ1v) is 19.7. The van der Waals surface area contributed by atoms with Crippen LogP contribution in [0.25, 0.3) is 20.1 Å². The van der Waals surface area contributed by atoms with Crippen molar-refractivity contribution in [1.82, 2.24) is 4.98 Å². The van der Waals surface area contributed by atoms with Gasteiger partial charge in [0.2, 0.25) is 0 Å². The molecule has 1 aromatic carbocycles. The molecule has 3 aliphatic rings. The van der Waals surface area contributed by atoms with Crippen LogP contribution in [-0.2, 0) is 38.1 Å². The number of carbonyl (C=O) groups excluding carboxylic acids is 4. The van der Waals surface area contributed by atoms with Gasteiger partial charge in [-0.1, -0.05) is 19.2 Å². The number of carbonyl (C=O) groups is 4. The first kappa shape index (κ1) is 38.7. The van der Waals surface area contributed by atoms with Crippen LogP contribution >= 0.6 is 22.7 Å². The molecular weight excluding hydrogens is 731 g/mol. The minimum atomic E-state index is -0.397. The Morgan fingerprint density at radius 3 is 1.94 bits per heavy atom. The van der Waals surface area contributed by atoms with E-state index in [1.54, 1.807) is 31.4 Å². The van der Waals surface area contributed by atoms with E-state index in [0.717, 1.165) is 10.6 Å². The van der Waals surface area contributed by atoms with E-state index in [2.05, 4.69) is 13.2 Å². The van der Waals surface area contributed by atoms with Crippen LogP contribution < -0.4 is 9.47 Å². The van der Waals surface area contributed by atoms with E-state index >= 15 is 0 Å². The van der Waals surface area contributed by atoms with Gasteiger partial charge in [0.05, 0.1) is 42.8 Å². The van der Waals surface area contributed by atoms with Crippen molar-refractivity contribution in [3.05, 3.63) is 90.5 Å². The van der Waals surface area contributed by atoms with Crippen LogP contribution in [0, 0.1) is 23.7 Å². The predicted molar refractivity (Wildman–Crippen MR) is 204 cm³/mol. The first-order chi connectivity index (χ1) is 26.1. The van der Waals surface area contributed by atoms with Crippen molar-refractivity contribution in [3.8, 4) is 21.4 Å². The van der Waals surface area contributed by atoms with Crippen molar-refractivity contribution in [3.63, 3.8) is 0 Å². The topological polar surface area (TPSA) is 137 Å². The van der Waals surface area contributed by atoms with E-state index in [4.69, 9.17) is 33.4 Å². The minimum absolute atomic E-state index is 0.182. The van der Waals surface area contributed by atoms with Crippen LogP contribution in [0.3, 0.4) is 0 Å². The Balaban J connectivity index is 1.06. The van der Waals surface area contributed by atoms with Gasteiger partial charge in [-0.3, -0.25) is 19.2 Å². The Labute approximate surface area is 321 Å². The standard InChI is InChI=1S/C41H43NO10S2/c1-24(47-3)7-8-25(2)49-38(43)26-9-13-29(14-10-26)41(46)52-33-22-21-32(35-36(33)54-37(42-35)34-6-5-23-53-34)51-40(45)28-15-11-27(12-16-28)39(44)50-31-19-17-30(48-4)18-20-31/h5-8,17-19,21-23,26-29,31H,1-2,9-16,20H2,3-4H3. The quantitative estimate of drug-likeness (QED) is 0.0715. The smallest absolute Gasteiger partial charge is 0.314 e. The molecule has 13 heteroatoms. The molecule has 0 bridgehead atoms. The molecule has 0 aliphatic heterocycles. The molecule has 284 valence electrons. The van der Waals surface area contributed by atoms with Gasteiger partial charge >= 0.3 is 23.9 Å². The number of methoxy groups -OCH3 is 2. The Morgan fingerprint density at radius 1 is 0.778 bits per heavy atom. The molecule has 3 aromatic rings. The van der Waals surface area contributed by atoms with Crippen molar-refractivity contribution < 1.29 is 47.6 Å². The highest BCUT2D eigenvalue weighted by Gasteiger charge is 2.35. The highest BCUT2D eigenvalue weighted by atomic mass is 32.1. The number of ether oxygens (including phenoxy) is 6. The number of hydrogen-bond donors (Lipinski definition) is 0. The zero-order valence-electron chi connectivity index (χ0n) is 30.3. The molecule has 2 saturated carbocycles. The maximum absolute atomic E-state index is 13.5. The lowest BCUT2D eigenvalue weighted by Crippen LogP contribution is -2.31. The summed E-state index contributed by atoms with van der Waals surface area (Å²) in [7, 11) is 3.09. The number of hydrogen-bond acceptors (Lipinski definition) is 13. The van der Waals surface area contributed by atoms with E-state index in [1.807, 2.05) is 29.7 Å². The van der Waals surface area contributed by atoms with E-state index in [9.17, 15) is 19.2 Å². The minimum Gasteiger partial charge on any atom is -0.497 e. The molecule has 0 radical (unpaired) electrons. The van der Waals surface area contributed by atoms with Crippen molar-refractivity contribution in [2.75, 3.05) is 14.2 Å². The summed E-state index contributed by atoms with van der Waals surface area (Å²) in [6.45, 7) is 7.43. The SMILES string of the molecule is C=C(C=CC(=C)OC(=O)C1CCC(C(=O)Oc2ccc(OC(=O)C3CCC(C(=O)OC4C=CC(OC)=CC4)CC3)c3nc(-c4cccs4)sc23)CC1)OC. The lowest BCUT2D eigenvalue weighted by Gasteiger charge is -2.27. The fourth-order valence-corrected chi connectivity index (χ4v) is 8.54. The van der Waals surface area contributed by atoms with Gasteiger partial charge < -0.3 is 28.4 Å². The van der Waals surface area contributed by atoms with Crippen LogP contribution in [0.5, 0.6) is 11.5 Å². The molecule has 2 heterocycles. The van der Waals surface area contributed by atoms with Gasteiger partial charge in [0, 0.05) is 6.42 Å². The second kappa shape index (κ2) is 17.9. The summed E-state index contributed by atoms with van der Waals surface area (Å²) in [6.07, 6.45) is 12.7. The normalized spacial score (nSPS) is 22.6. The highest BCUT2D eigenvalue weighted by molar-refractivity contribution is 7.25. The fraction of sp³-hybridized carbons (Fsp3) is 0.390. The number of fused-ring (bicyclic) bond motifs is 1. The second-order valence-electron chi connectivity index (χ2n) is 13.4. The Hall–Kier alpha value is -5.01. The Bertz CT molecular complexity index is 1970. The fourth-order valence-electron chi connectivity index (χ4n) is 6.71. The van der Waals surface area contributed by atoms with Gasteiger partial charge in [0.25, 0.3) is 0 Å². The molecule has 0 N–H and O–H groups in total. The highest BCUT2D eigenvalue weighted by Crippen LogP contribution is 2.43. The van der Waals surface area contributed by atoms with Crippen LogP contribution in [-0.4, -0.2) is 49.2 Å². The average Bonchev–Trinajstić information content (AvgIpc) is 3.90. The summed E-state index contributed by atoms with van der Waals surface area (Å²) < 4.78 is 33.8. The van der Waals surface area contributed by atoms with Crippen LogP contribution in [0.15, 0.2) is 90.5 Å². The summed E-state index contributed by atoms with van der Waals surface area (Å²) in [5.41, 5.74) is 0.431. The maximum Gasteiger partial charge on any atom is 0.314 e. The third kappa shape index (κ3) is 9.55. The monoisotopic (exact) mass is 773 g/mol. The Kier molecular flexibility index (Phi) is 12.8. The summed E-state index contributed by atoms with van der Waals surface area (Å²) in [4.78, 5) is 58.2. The summed E-state index contributed by atoms with van der Waals surface area (Å²) in [5.74, 6) is -0.884. The number of allylic oxidation sites excluding steroid dienone is 3. The van der Waals surface area contributed by atoms with Gasteiger partial charge in [-0.25, -0.2) is 4.98 Å². The van der Waals surface area contributed by atoms with E-state index in [0.29, 0.717) is 84.5 Å². The lowest BCUT2D eigenvalue weighted by atomic mass is 9.82. The van der Waals surface area contributed by atoms with Crippen molar-refractivity contribution in [1.29, 1.82) is 0 Å². The molecule has 1 unspecified atom stereocenters. The molecule has 0 saturated heterocycles. The Morgan fingerprint density at radius 2 is 1.37 bits per heavy atom. The molecule has 54 heavy (non-hydrogen) atoms. The molecule has 2 fully saturated rings.